The molecular formula is C24H36N2O2. The number of hydrogen-bond acceptors (Lipinski definition) is 3. The number of nitrogens with zero attached hydrogens (tertiary/aromatic N) is 2. The molecular weight excluding hydrogens is 348 g/mol. The van der Waals surface area contributed by atoms with Gasteiger partial charge in [0.15, 0.2) is 0 Å². The Morgan fingerprint density at radius 3 is 2.43 bits per heavy atom. The Kier molecular flexibility index (Phi) is 6.07. The zero-order chi connectivity index (χ0) is 19.6. The minimum Gasteiger partial charge on any atom is -0.379 e. The quantitative estimate of drug-likeness (QED) is 0.750. The van der Waals surface area contributed by atoms with Gasteiger partial charge < -0.3 is 9.64 Å². The van der Waals surface area contributed by atoms with Crippen molar-refractivity contribution in [1.82, 2.24) is 9.80 Å². The Morgan fingerprint density at radius 1 is 1.11 bits per heavy atom. The SMILES string of the molecule is CC(C)N1C[C@@H](CCN2CCOCC2)[C@@](c2ccccc2)(C2CCCC2)C1=O. The first kappa shape index (κ1) is 19.9. The van der Waals surface area contributed by atoms with E-state index in [1.807, 2.05) is 0 Å². The summed E-state index contributed by atoms with van der Waals surface area (Å²) in [5, 5.41) is 0. The van der Waals surface area contributed by atoms with Gasteiger partial charge in [0, 0.05) is 25.7 Å². The second-order valence-electron chi connectivity index (χ2n) is 9.21. The van der Waals surface area contributed by atoms with Crippen molar-refractivity contribution in [2.45, 2.75) is 57.4 Å². The second kappa shape index (κ2) is 8.54. The fourth-order valence-electron chi connectivity index (χ4n) is 6.00. The third kappa shape index (κ3) is 3.50. The molecule has 0 aromatic heterocycles. The third-order valence-corrected chi connectivity index (χ3v) is 7.45. The van der Waals surface area contributed by atoms with Gasteiger partial charge in [0.25, 0.3) is 0 Å². The topological polar surface area (TPSA) is 32.8 Å². The summed E-state index contributed by atoms with van der Waals surface area (Å²) in [6.07, 6.45) is 6.02. The molecule has 0 unspecified atom stereocenters. The maximum atomic E-state index is 14.0. The molecule has 4 nitrogen and oxygen atoms in total. The third-order valence-electron chi connectivity index (χ3n) is 7.45. The van der Waals surface area contributed by atoms with E-state index in [2.05, 4.69) is 54.0 Å². The van der Waals surface area contributed by atoms with Gasteiger partial charge in [-0.15, -0.1) is 0 Å². The van der Waals surface area contributed by atoms with Crippen LogP contribution in [0.5, 0.6) is 0 Å². The van der Waals surface area contributed by atoms with Gasteiger partial charge in [-0.25, -0.2) is 0 Å². The number of carbonyl (C=O) groups is 1. The zero-order valence-corrected chi connectivity index (χ0v) is 17.6. The van der Waals surface area contributed by atoms with Crippen molar-refractivity contribution < 1.29 is 9.53 Å². The first-order valence-electron chi connectivity index (χ1n) is 11.3. The van der Waals surface area contributed by atoms with E-state index in [0.29, 0.717) is 17.7 Å². The van der Waals surface area contributed by atoms with Gasteiger partial charge in [0.1, 0.15) is 0 Å². The van der Waals surface area contributed by atoms with E-state index < -0.39 is 0 Å². The van der Waals surface area contributed by atoms with Crippen molar-refractivity contribution in [1.29, 1.82) is 0 Å². The average Bonchev–Trinajstić information content (AvgIpc) is 3.35. The summed E-state index contributed by atoms with van der Waals surface area (Å²) in [5.74, 6) is 1.28. The number of rotatable bonds is 6. The van der Waals surface area contributed by atoms with Gasteiger partial charge >= 0.3 is 0 Å². The molecule has 3 aliphatic rings. The highest BCUT2D eigenvalue weighted by Gasteiger charge is 2.59. The van der Waals surface area contributed by atoms with E-state index in [0.717, 1.165) is 45.8 Å². The Bertz CT molecular complexity index is 650. The summed E-state index contributed by atoms with van der Waals surface area (Å²) >= 11 is 0. The van der Waals surface area contributed by atoms with Crippen molar-refractivity contribution in [3.05, 3.63) is 35.9 Å². The number of likely N-dealkylation sites (tertiary alicyclic amines) is 1. The molecule has 4 heteroatoms. The van der Waals surface area contributed by atoms with Crippen LogP contribution in [-0.4, -0.2) is 61.1 Å². The molecule has 3 fully saturated rings. The highest BCUT2D eigenvalue weighted by Crippen LogP contribution is 2.53. The Balaban J connectivity index is 1.68. The molecule has 2 atom stereocenters. The largest absolute Gasteiger partial charge is 0.379 e. The standard InChI is InChI=1S/C24H36N2O2/c1-19(2)26-18-22(12-13-25-14-16-28-17-15-25)24(23(26)27,21-10-6-7-11-21)20-8-4-3-5-9-20/h3-5,8-9,19,21-22H,6-7,10-18H2,1-2H3/t22-,24-/m1/s1. The Morgan fingerprint density at radius 2 is 1.79 bits per heavy atom. The fourth-order valence-corrected chi connectivity index (χ4v) is 6.00. The number of benzene rings is 1. The van der Waals surface area contributed by atoms with Crippen molar-refractivity contribution in [2.75, 3.05) is 39.4 Å². The molecule has 1 aliphatic carbocycles. The van der Waals surface area contributed by atoms with Gasteiger partial charge in [-0.05, 0) is 57.1 Å². The molecule has 2 heterocycles. The van der Waals surface area contributed by atoms with Crippen LogP contribution >= 0.6 is 0 Å². The lowest BCUT2D eigenvalue weighted by Gasteiger charge is -2.40. The van der Waals surface area contributed by atoms with Gasteiger partial charge in [0.2, 0.25) is 5.91 Å². The molecule has 0 bridgehead atoms. The maximum absolute atomic E-state index is 14.0. The van der Waals surface area contributed by atoms with E-state index in [4.69, 9.17) is 4.74 Å². The number of ether oxygens (including phenoxy) is 1. The van der Waals surface area contributed by atoms with Crippen LogP contribution < -0.4 is 0 Å². The van der Waals surface area contributed by atoms with E-state index in [1.54, 1.807) is 0 Å². The molecule has 1 aromatic rings. The van der Waals surface area contributed by atoms with Crippen LogP contribution in [-0.2, 0) is 14.9 Å². The molecule has 4 rings (SSSR count). The van der Waals surface area contributed by atoms with Gasteiger partial charge in [-0.3, -0.25) is 9.69 Å². The summed E-state index contributed by atoms with van der Waals surface area (Å²) in [7, 11) is 0. The second-order valence-corrected chi connectivity index (χ2v) is 9.21. The number of hydrogen-bond donors (Lipinski definition) is 0. The predicted molar refractivity (Wildman–Crippen MR) is 112 cm³/mol. The average molecular weight is 385 g/mol. The lowest BCUT2D eigenvalue weighted by Crippen LogP contribution is -2.48. The van der Waals surface area contributed by atoms with Crippen molar-refractivity contribution >= 4 is 5.91 Å². The molecule has 2 saturated heterocycles. The minimum atomic E-state index is -0.325. The number of carbonyl (C=O) groups excluding carboxylic acids is 1. The smallest absolute Gasteiger partial charge is 0.234 e. The summed E-state index contributed by atoms with van der Waals surface area (Å²) in [5.41, 5.74) is 0.941. The molecule has 1 amide bonds. The molecule has 0 N–H and O–H groups in total. The molecule has 0 radical (unpaired) electrons. The Labute approximate surface area is 170 Å². The van der Waals surface area contributed by atoms with E-state index >= 15 is 0 Å². The van der Waals surface area contributed by atoms with Crippen molar-refractivity contribution in [3.8, 4) is 0 Å². The molecule has 1 saturated carbocycles. The number of amides is 1. The van der Waals surface area contributed by atoms with Gasteiger partial charge in [-0.2, -0.15) is 0 Å². The lowest BCUT2D eigenvalue weighted by atomic mass is 9.62. The van der Waals surface area contributed by atoms with Crippen LogP contribution in [0.2, 0.25) is 0 Å². The molecule has 2 aliphatic heterocycles. The molecule has 154 valence electrons. The van der Waals surface area contributed by atoms with E-state index in [9.17, 15) is 4.79 Å². The van der Waals surface area contributed by atoms with Gasteiger partial charge in [0.05, 0.1) is 18.6 Å². The Hall–Kier alpha value is -1.39. The normalized spacial score (nSPS) is 29.9. The van der Waals surface area contributed by atoms with Crippen LogP contribution in [0.3, 0.4) is 0 Å². The monoisotopic (exact) mass is 384 g/mol. The summed E-state index contributed by atoms with van der Waals surface area (Å²) in [6.45, 7) is 10.1. The predicted octanol–water partition coefficient (Wildman–Crippen LogP) is 3.70. The highest BCUT2D eigenvalue weighted by atomic mass is 16.5. The zero-order valence-electron chi connectivity index (χ0n) is 17.6. The summed E-state index contributed by atoms with van der Waals surface area (Å²) in [4.78, 5) is 18.7. The maximum Gasteiger partial charge on any atom is 0.234 e. The number of morpholine rings is 1. The van der Waals surface area contributed by atoms with E-state index in [-0.39, 0.29) is 11.5 Å². The minimum absolute atomic E-state index is 0.269. The molecule has 28 heavy (non-hydrogen) atoms. The molecule has 0 spiro atoms. The first-order chi connectivity index (χ1) is 13.6. The van der Waals surface area contributed by atoms with Crippen LogP contribution in [0.15, 0.2) is 30.3 Å². The van der Waals surface area contributed by atoms with Crippen LogP contribution in [0.1, 0.15) is 51.5 Å². The van der Waals surface area contributed by atoms with Crippen LogP contribution in [0.4, 0.5) is 0 Å². The summed E-state index contributed by atoms with van der Waals surface area (Å²) in [6, 6.07) is 11.0. The molecule has 1 aromatic carbocycles. The fraction of sp³-hybridized carbons (Fsp3) is 0.708. The highest BCUT2D eigenvalue weighted by molar-refractivity contribution is 5.91. The van der Waals surface area contributed by atoms with E-state index in [1.165, 1.54) is 31.2 Å². The van der Waals surface area contributed by atoms with Crippen LogP contribution in [0.25, 0.3) is 0 Å². The van der Waals surface area contributed by atoms with Crippen molar-refractivity contribution in [2.24, 2.45) is 11.8 Å². The van der Waals surface area contributed by atoms with Gasteiger partial charge in [-0.1, -0.05) is 43.2 Å². The van der Waals surface area contributed by atoms with Crippen molar-refractivity contribution in [3.63, 3.8) is 0 Å². The van der Waals surface area contributed by atoms with Crippen LogP contribution in [0, 0.1) is 11.8 Å². The lowest BCUT2D eigenvalue weighted by molar-refractivity contribution is -0.136. The first-order valence-corrected chi connectivity index (χ1v) is 11.3. The summed E-state index contributed by atoms with van der Waals surface area (Å²) < 4.78 is 5.52.